The number of carbonyl (C=O) groups excluding carboxylic acids is 1. The summed E-state index contributed by atoms with van der Waals surface area (Å²) in [6.45, 7) is 5.45. The molecule has 1 aliphatic heterocycles. The number of carbonyl (C=O) groups is 1. The minimum atomic E-state index is -0.468. The van der Waals surface area contributed by atoms with Gasteiger partial charge in [0.15, 0.2) is 0 Å². The van der Waals surface area contributed by atoms with Gasteiger partial charge in [0, 0.05) is 74.1 Å². The summed E-state index contributed by atoms with van der Waals surface area (Å²) in [5.41, 5.74) is 0.923. The summed E-state index contributed by atoms with van der Waals surface area (Å²) in [5.74, 6) is -0.153. The van der Waals surface area contributed by atoms with E-state index in [2.05, 4.69) is 16.9 Å². The molecule has 0 spiro atoms. The molecule has 0 saturated heterocycles. The highest BCUT2D eigenvalue weighted by molar-refractivity contribution is 7.09. The molecule has 0 bridgehead atoms. The summed E-state index contributed by atoms with van der Waals surface area (Å²) in [4.78, 5) is 29.2. The first kappa shape index (κ1) is 23.3. The quantitative estimate of drug-likeness (QED) is 0.448. The number of hydrogen-bond donors (Lipinski definition) is 0. The maximum atomic E-state index is 13.0. The van der Waals surface area contributed by atoms with E-state index in [1.165, 1.54) is 18.1 Å². The van der Waals surface area contributed by atoms with Crippen LogP contribution in [0.2, 0.25) is 0 Å². The largest absolute Gasteiger partial charge is 0.492 e. The first-order chi connectivity index (χ1) is 16.1. The number of thiophene rings is 1. The molecule has 0 radical (unpaired) electrons. The van der Waals surface area contributed by atoms with Crippen molar-refractivity contribution in [3.05, 3.63) is 68.5 Å². The summed E-state index contributed by atoms with van der Waals surface area (Å²) in [6.07, 6.45) is 6.00. The van der Waals surface area contributed by atoms with Crippen molar-refractivity contribution in [2.24, 2.45) is 0 Å². The maximum absolute atomic E-state index is 13.0. The van der Waals surface area contributed by atoms with Gasteiger partial charge in [0.25, 0.3) is 5.56 Å². The highest BCUT2D eigenvalue weighted by Gasteiger charge is 2.27. The summed E-state index contributed by atoms with van der Waals surface area (Å²) in [6, 6.07) is 7.72. The monoisotopic (exact) mass is 470 g/mol. The van der Waals surface area contributed by atoms with Crippen LogP contribution in [0.5, 0.6) is 5.75 Å². The van der Waals surface area contributed by atoms with Crippen LogP contribution in [0, 0.1) is 0 Å². The van der Waals surface area contributed by atoms with Gasteiger partial charge in [-0.25, -0.2) is 4.79 Å². The molecular weight excluding hydrogens is 440 g/mol. The van der Waals surface area contributed by atoms with Crippen LogP contribution in [0.25, 0.3) is 0 Å². The van der Waals surface area contributed by atoms with Gasteiger partial charge in [0.05, 0.1) is 13.7 Å². The molecule has 33 heavy (non-hydrogen) atoms. The van der Waals surface area contributed by atoms with Gasteiger partial charge in [-0.3, -0.25) is 14.4 Å². The molecule has 0 aromatic carbocycles. The van der Waals surface area contributed by atoms with Crippen molar-refractivity contribution >= 4 is 17.3 Å². The highest BCUT2D eigenvalue weighted by atomic mass is 32.1. The average Bonchev–Trinajstić information content (AvgIpc) is 3.48. The van der Waals surface area contributed by atoms with E-state index >= 15 is 0 Å². The van der Waals surface area contributed by atoms with E-state index in [-0.39, 0.29) is 5.56 Å². The van der Waals surface area contributed by atoms with Gasteiger partial charge in [-0.05, 0) is 30.9 Å². The lowest BCUT2D eigenvalue weighted by molar-refractivity contribution is 0.0593. The van der Waals surface area contributed by atoms with Gasteiger partial charge < -0.3 is 14.0 Å². The van der Waals surface area contributed by atoms with Crippen molar-refractivity contribution in [3.8, 4) is 5.75 Å². The van der Waals surface area contributed by atoms with Gasteiger partial charge in [0.1, 0.15) is 11.3 Å². The molecule has 3 aromatic heterocycles. The minimum absolute atomic E-state index is 0.144. The van der Waals surface area contributed by atoms with Crippen LogP contribution in [-0.4, -0.2) is 58.1 Å². The van der Waals surface area contributed by atoms with Crippen molar-refractivity contribution in [2.75, 3.05) is 26.8 Å². The number of aromatic nitrogens is 3. The van der Waals surface area contributed by atoms with Crippen molar-refractivity contribution in [3.63, 3.8) is 0 Å². The molecule has 1 aliphatic rings. The molecule has 4 heterocycles. The summed E-state index contributed by atoms with van der Waals surface area (Å²) in [5, 5.41) is 6.29. The fraction of sp³-hybridized carbons (Fsp3) is 0.458. The molecule has 9 heteroatoms. The Morgan fingerprint density at radius 3 is 2.88 bits per heavy atom. The van der Waals surface area contributed by atoms with Crippen LogP contribution in [-0.2, 0) is 30.7 Å². The summed E-state index contributed by atoms with van der Waals surface area (Å²) < 4.78 is 14.7. The van der Waals surface area contributed by atoms with E-state index in [1.807, 2.05) is 34.5 Å². The van der Waals surface area contributed by atoms with Crippen LogP contribution in [0.4, 0.5) is 0 Å². The molecule has 3 aromatic rings. The molecule has 8 nitrogen and oxygen atoms in total. The van der Waals surface area contributed by atoms with Gasteiger partial charge in [-0.15, -0.1) is 11.3 Å². The third kappa shape index (κ3) is 5.54. The molecule has 1 atom stereocenters. The zero-order chi connectivity index (χ0) is 23.2. The number of methoxy groups -OCH3 is 1. The zero-order valence-electron chi connectivity index (χ0n) is 19.1. The standard InChI is InChI=1S/C24H30N4O4S/c1-18(6-12-27-10-4-9-25-27)26-11-7-20-23(24(30)31-2)21(17-22(29)28(20)14-13-26)32-15-8-19-5-3-16-33-19/h3-5,9-10,16-18H,6-8,11-15H2,1-2H3. The molecule has 0 saturated carbocycles. The van der Waals surface area contributed by atoms with Crippen LogP contribution in [0.15, 0.2) is 46.8 Å². The van der Waals surface area contributed by atoms with E-state index in [4.69, 9.17) is 9.47 Å². The van der Waals surface area contributed by atoms with Crippen molar-refractivity contribution in [2.45, 2.75) is 45.3 Å². The number of aryl methyl sites for hydroxylation is 1. The Morgan fingerprint density at radius 2 is 2.15 bits per heavy atom. The van der Waals surface area contributed by atoms with E-state index in [0.29, 0.717) is 42.6 Å². The van der Waals surface area contributed by atoms with Gasteiger partial charge in [-0.1, -0.05) is 6.07 Å². The predicted molar refractivity (Wildman–Crippen MR) is 127 cm³/mol. The maximum Gasteiger partial charge on any atom is 0.343 e. The third-order valence-corrected chi connectivity index (χ3v) is 7.10. The van der Waals surface area contributed by atoms with Crippen LogP contribution < -0.4 is 10.3 Å². The Bertz CT molecular complexity index is 1110. The Hall–Kier alpha value is -2.91. The van der Waals surface area contributed by atoms with Crippen molar-refractivity contribution in [1.82, 2.24) is 19.2 Å². The average molecular weight is 471 g/mol. The van der Waals surface area contributed by atoms with E-state index in [9.17, 15) is 9.59 Å². The first-order valence-corrected chi connectivity index (χ1v) is 12.2. The number of fused-ring (bicyclic) bond motifs is 1. The van der Waals surface area contributed by atoms with Gasteiger partial charge >= 0.3 is 5.97 Å². The zero-order valence-corrected chi connectivity index (χ0v) is 19.9. The molecule has 4 rings (SSSR count). The summed E-state index contributed by atoms with van der Waals surface area (Å²) in [7, 11) is 1.36. The van der Waals surface area contributed by atoms with E-state index in [0.717, 1.165) is 32.5 Å². The number of nitrogens with zero attached hydrogens (tertiary/aromatic N) is 4. The van der Waals surface area contributed by atoms with Crippen LogP contribution in [0.3, 0.4) is 0 Å². The normalized spacial score (nSPS) is 15.0. The number of pyridine rings is 1. The van der Waals surface area contributed by atoms with E-state index in [1.54, 1.807) is 22.1 Å². The van der Waals surface area contributed by atoms with Gasteiger partial charge in [0.2, 0.25) is 0 Å². The van der Waals surface area contributed by atoms with Crippen molar-refractivity contribution in [1.29, 1.82) is 0 Å². The number of hydrogen-bond acceptors (Lipinski definition) is 7. The van der Waals surface area contributed by atoms with Gasteiger partial charge in [-0.2, -0.15) is 5.10 Å². The summed E-state index contributed by atoms with van der Waals surface area (Å²) >= 11 is 1.66. The lowest BCUT2D eigenvalue weighted by Gasteiger charge is -2.27. The number of rotatable bonds is 9. The second-order valence-corrected chi connectivity index (χ2v) is 9.21. The molecule has 0 aliphatic carbocycles. The van der Waals surface area contributed by atoms with Crippen LogP contribution in [0.1, 0.15) is 34.3 Å². The minimum Gasteiger partial charge on any atom is -0.492 e. The molecule has 176 valence electrons. The molecule has 0 N–H and O–H groups in total. The number of esters is 1. The smallest absolute Gasteiger partial charge is 0.343 e. The van der Waals surface area contributed by atoms with E-state index < -0.39 is 5.97 Å². The van der Waals surface area contributed by atoms with Crippen molar-refractivity contribution < 1.29 is 14.3 Å². The highest BCUT2D eigenvalue weighted by Crippen LogP contribution is 2.25. The topological polar surface area (TPSA) is 78.6 Å². The molecule has 1 unspecified atom stereocenters. The molecular formula is C24H30N4O4S. The lowest BCUT2D eigenvalue weighted by Crippen LogP contribution is -2.36. The first-order valence-electron chi connectivity index (χ1n) is 11.3. The lowest BCUT2D eigenvalue weighted by atomic mass is 10.1. The third-order valence-electron chi connectivity index (χ3n) is 6.16. The molecule has 0 amide bonds. The number of ether oxygens (including phenoxy) is 2. The predicted octanol–water partition coefficient (Wildman–Crippen LogP) is 2.85. The fourth-order valence-corrected chi connectivity index (χ4v) is 4.98. The fourth-order valence-electron chi connectivity index (χ4n) is 4.29. The molecule has 0 fully saturated rings. The Balaban J connectivity index is 1.50. The second kappa shape index (κ2) is 10.8. The second-order valence-electron chi connectivity index (χ2n) is 8.18. The Labute approximate surface area is 197 Å². The Morgan fingerprint density at radius 1 is 1.27 bits per heavy atom. The van der Waals surface area contributed by atoms with Crippen LogP contribution >= 0.6 is 11.3 Å². The Kier molecular flexibility index (Phi) is 7.61. The SMILES string of the molecule is COC(=O)c1c(OCCc2cccs2)cc(=O)n2c1CCN(C(C)CCn1cccn1)CC2.